The second kappa shape index (κ2) is 9.73. The largest absolute Gasteiger partial charge is 0.494 e. The summed E-state index contributed by atoms with van der Waals surface area (Å²) in [5, 5.41) is 2.92. The SMILES string of the molecule is CCCOc1ccc(Oc2cccc(NC(=O)c3ccc(CC)nc3C)c2)cc1. The number of nitrogens with zero attached hydrogens (tertiary/aromatic N) is 1. The van der Waals surface area contributed by atoms with E-state index in [4.69, 9.17) is 9.47 Å². The molecule has 3 aromatic rings. The molecule has 0 bridgehead atoms. The maximum atomic E-state index is 12.6. The summed E-state index contributed by atoms with van der Waals surface area (Å²) in [4.78, 5) is 17.1. The lowest BCUT2D eigenvalue weighted by atomic mass is 10.1. The predicted molar refractivity (Wildman–Crippen MR) is 115 cm³/mol. The summed E-state index contributed by atoms with van der Waals surface area (Å²) >= 11 is 0. The molecule has 0 aliphatic rings. The van der Waals surface area contributed by atoms with Crippen molar-refractivity contribution in [2.45, 2.75) is 33.6 Å². The Labute approximate surface area is 171 Å². The Balaban J connectivity index is 1.67. The van der Waals surface area contributed by atoms with Gasteiger partial charge in [0.2, 0.25) is 0 Å². The van der Waals surface area contributed by atoms with Crippen LogP contribution in [0, 0.1) is 6.92 Å². The fraction of sp³-hybridized carbons (Fsp3) is 0.250. The summed E-state index contributed by atoms with van der Waals surface area (Å²) in [5.41, 5.74) is 2.92. The topological polar surface area (TPSA) is 60.5 Å². The number of hydrogen-bond acceptors (Lipinski definition) is 4. The number of aryl methyl sites for hydroxylation is 2. The molecule has 5 nitrogen and oxygen atoms in total. The van der Waals surface area contributed by atoms with Gasteiger partial charge in [0.1, 0.15) is 17.2 Å². The summed E-state index contributed by atoms with van der Waals surface area (Å²) in [6.07, 6.45) is 1.81. The average molecular weight is 390 g/mol. The number of pyridine rings is 1. The van der Waals surface area contributed by atoms with Crippen molar-refractivity contribution in [2.24, 2.45) is 0 Å². The molecule has 2 aromatic carbocycles. The van der Waals surface area contributed by atoms with Gasteiger partial charge >= 0.3 is 0 Å². The van der Waals surface area contributed by atoms with Crippen LogP contribution < -0.4 is 14.8 Å². The molecule has 1 amide bonds. The van der Waals surface area contributed by atoms with E-state index in [1.165, 1.54) is 0 Å². The van der Waals surface area contributed by atoms with Gasteiger partial charge in [-0.15, -0.1) is 0 Å². The summed E-state index contributed by atoms with van der Waals surface area (Å²) in [5.74, 6) is 1.97. The van der Waals surface area contributed by atoms with Crippen molar-refractivity contribution in [3.8, 4) is 17.2 Å². The number of carbonyl (C=O) groups excluding carboxylic acids is 1. The van der Waals surface area contributed by atoms with Crippen LogP contribution in [0.15, 0.2) is 60.7 Å². The fourth-order valence-corrected chi connectivity index (χ4v) is 2.85. The van der Waals surface area contributed by atoms with Crippen molar-refractivity contribution in [3.63, 3.8) is 0 Å². The molecule has 5 heteroatoms. The minimum absolute atomic E-state index is 0.188. The molecule has 0 aliphatic heterocycles. The lowest BCUT2D eigenvalue weighted by molar-refractivity contribution is 0.102. The van der Waals surface area contributed by atoms with Gasteiger partial charge in [-0.3, -0.25) is 9.78 Å². The van der Waals surface area contributed by atoms with E-state index in [1.807, 2.05) is 68.4 Å². The molecular weight excluding hydrogens is 364 g/mol. The van der Waals surface area contributed by atoms with Crippen molar-refractivity contribution < 1.29 is 14.3 Å². The number of rotatable bonds is 8. The van der Waals surface area contributed by atoms with Gasteiger partial charge in [0.05, 0.1) is 17.9 Å². The van der Waals surface area contributed by atoms with E-state index in [2.05, 4.69) is 17.2 Å². The van der Waals surface area contributed by atoms with Gasteiger partial charge in [-0.1, -0.05) is 19.9 Å². The van der Waals surface area contributed by atoms with Crippen molar-refractivity contribution in [1.29, 1.82) is 0 Å². The third kappa shape index (κ3) is 5.57. The molecule has 0 fully saturated rings. The van der Waals surface area contributed by atoms with Crippen LogP contribution in [-0.2, 0) is 6.42 Å². The van der Waals surface area contributed by atoms with Crippen LogP contribution in [0.25, 0.3) is 0 Å². The smallest absolute Gasteiger partial charge is 0.257 e. The molecule has 0 atom stereocenters. The highest BCUT2D eigenvalue weighted by molar-refractivity contribution is 6.05. The van der Waals surface area contributed by atoms with Crippen molar-refractivity contribution in [1.82, 2.24) is 4.98 Å². The molecule has 29 heavy (non-hydrogen) atoms. The van der Waals surface area contributed by atoms with Crippen LogP contribution in [-0.4, -0.2) is 17.5 Å². The summed E-state index contributed by atoms with van der Waals surface area (Å²) in [6.45, 7) is 6.65. The first kappa shape index (κ1) is 20.4. The standard InChI is InChI=1S/C24H26N2O3/c1-4-15-28-20-10-12-21(13-11-20)29-22-8-6-7-19(16-22)26-24(27)23-14-9-18(5-2)25-17(23)3/h6-14,16H,4-5,15H2,1-3H3,(H,26,27). The number of benzene rings is 2. The van der Waals surface area contributed by atoms with E-state index in [0.29, 0.717) is 29.4 Å². The van der Waals surface area contributed by atoms with Crippen LogP contribution in [0.2, 0.25) is 0 Å². The Morgan fingerprint density at radius 1 is 0.966 bits per heavy atom. The number of hydrogen-bond donors (Lipinski definition) is 1. The quantitative estimate of drug-likeness (QED) is 0.529. The lowest BCUT2D eigenvalue weighted by Crippen LogP contribution is -2.14. The highest BCUT2D eigenvalue weighted by Gasteiger charge is 2.11. The zero-order chi connectivity index (χ0) is 20.6. The minimum Gasteiger partial charge on any atom is -0.494 e. The third-order valence-electron chi connectivity index (χ3n) is 4.37. The van der Waals surface area contributed by atoms with Crippen molar-refractivity contribution in [3.05, 3.63) is 77.6 Å². The van der Waals surface area contributed by atoms with E-state index in [9.17, 15) is 4.79 Å². The van der Waals surface area contributed by atoms with Crippen LogP contribution in [0.3, 0.4) is 0 Å². The Morgan fingerprint density at radius 2 is 1.72 bits per heavy atom. The maximum absolute atomic E-state index is 12.6. The van der Waals surface area contributed by atoms with Crippen LogP contribution in [0.5, 0.6) is 17.2 Å². The van der Waals surface area contributed by atoms with Crippen molar-refractivity contribution >= 4 is 11.6 Å². The molecule has 0 saturated heterocycles. The fourth-order valence-electron chi connectivity index (χ4n) is 2.85. The number of nitrogens with one attached hydrogen (secondary N) is 1. The molecule has 0 unspecified atom stereocenters. The number of anilines is 1. The number of ether oxygens (including phenoxy) is 2. The van der Waals surface area contributed by atoms with Gasteiger partial charge in [0, 0.05) is 17.4 Å². The molecule has 3 rings (SSSR count). The Morgan fingerprint density at radius 3 is 2.41 bits per heavy atom. The Bertz CT molecular complexity index is 968. The molecule has 1 heterocycles. The van der Waals surface area contributed by atoms with Gasteiger partial charge in [-0.25, -0.2) is 0 Å². The van der Waals surface area contributed by atoms with E-state index in [0.717, 1.165) is 30.0 Å². The lowest BCUT2D eigenvalue weighted by Gasteiger charge is -2.11. The Kier molecular flexibility index (Phi) is 6.85. The molecule has 0 saturated carbocycles. The summed E-state index contributed by atoms with van der Waals surface area (Å²) < 4.78 is 11.5. The number of aromatic nitrogens is 1. The van der Waals surface area contributed by atoms with E-state index in [1.54, 1.807) is 6.07 Å². The zero-order valence-corrected chi connectivity index (χ0v) is 17.1. The molecule has 1 aromatic heterocycles. The zero-order valence-electron chi connectivity index (χ0n) is 17.1. The average Bonchev–Trinajstić information content (AvgIpc) is 2.73. The molecular formula is C24H26N2O3. The first-order chi connectivity index (χ1) is 14.1. The normalized spacial score (nSPS) is 10.4. The minimum atomic E-state index is -0.188. The van der Waals surface area contributed by atoms with E-state index >= 15 is 0 Å². The van der Waals surface area contributed by atoms with E-state index in [-0.39, 0.29) is 5.91 Å². The predicted octanol–water partition coefficient (Wildman–Crippen LogP) is 5.79. The maximum Gasteiger partial charge on any atom is 0.257 e. The second-order valence-electron chi connectivity index (χ2n) is 6.69. The van der Waals surface area contributed by atoms with Crippen LogP contribution >= 0.6 is 0 Å². The van der Waals surface area contributed by atoms with Gasteiger partial charge in [0.25, 0.3) is 5.91 Å². The first-order valence-corrected chi connectivity index (χ1v) is 9.87. The molecule has 0 aliphatic carbocycles. The highest BCUT2D eigenvalue weighted by Crippen LogP contribution is 2.26. The summed E-state index contributed by atoms with van der Waals surface area (Å²) in [6, 6.07) is 18.5. The molecule has 0 radical (unpaired) electrons. The van der Waals surface area contributed by atoms with E-state index < -0.39 is 0 Å². The van der Waals surface area contributed by atoms with Gasteiger partial charge in [-0.05, 0) is 68.3 Å². The summed E-state index contributed by atoms with van der Waals surface area (Å²) in [7, 11) is 0. The Hall–Kier alpha value is -3.34. The van der Waals surface area contributed by atoms with Crippen LogP contribution in [0.1, 0.15) is 42.0 Å². The van der Waals surface area contributed by atoms with Crippen molar-refractivity contribution in [2.75, 3.05) is 11.9 Å². The highest BCUT2D eigenvalue weighted by atomic mass is 16.5. The third-order valence-corrected chi connectivity index (χ3v) is 4.37. The number of carbonyl (C=O) groups is 1. The molecule has 150 valence electrons. The first-order valence-electron chi connectivity index (χ1n) is 9.87. The number of amides is 1. The second-order valence-corrected chi connectivity index (χ2v) is 6.69. The van der Waals surface area contributed by atoms with Gasteiger partial charge in [0.15, 0.2) is 0 Å². The van der Waals surface area contributed by atoms with Gasteiger partial charge < -0.3 is 14.8 Å². The molecule has 0 spiro atoms. The van der Waals surface area contributed by atoms with Crippen LogP contribution in [0.4, 0.5) is 5.69 Å². The monoisotopic (exact) mass is 390 g/mol. The van der Waals surface area contributed by atoms with Gasteiger partial charge in [-0.2, -0.15) is 0 Å². The molecule has 1 N–H and O–H groups in total.